The maximum atomic E-state index is 15.2. The van der Waals surface area contributed by atoms with E-state index >= 15 is 4.39 Å². The van der Waals surface area contributed by atoms with Crippen LogP contribution in [-0.4, -0.2) is 80.3 Å². The largest absolute Gasteiger partial charge is 0.508 e. The molecule has 4 fully saturated rings. The fraction of sp³-hybridized carbons (Fsp3) is 0.422. The summed E-state index contributed by atoms with van der Waals surface area (Å²) in [5, 5.41) is 15.6. The van der Waals surface area contributed by atoms with Gasteiger partial charge < -0.3 is 25.0 Å². The molecule has 9 nitrogen and oxygen atoms in total. The van der Waals surface area contributed by atoms with Crippen LogP contribution in [-0.2, 0) is 9.59 Å². The average molecular weight is 744 g/mol. The molecule has 4 aliphatic heterocycles. The van der Waals surface area contributed by atoms with Gasteiger partial charge in [0.15, 0.2) is 0 Å². The summed E-state index contributed by atoms with van der Waals surface area (Å²) in [6.07, 6.45) is 5.76. The van der Waals surface area contributed by atoms with E-state index in [-0.39, 0.29) is 41.6 Å². The topological polar surface area (TPSA) is 97.4 Å². The number of fused-ring (bicyclic) bond motifs is 1. The van der Waals surface area contributed by atoms with Crippen LogP contribution in [0.2, 0.25) is 0 Å². The van der Waals surface area contributed by atoms with Crippen LogP contribution >= 0.6 is 0 Å². The molecule has 2 amide bonds. The van der Waals surface area contributed by atoms with E-state index in [9.17, 15) is 14.7 Å². The van der Waals surface area contributed by atoms with Crippen LogP contribution in [0, 0.1) is 17.2 Å². The van der Waals surface area contributed by atoms with E-state index in [0.717, 1.165) is 63.0 Å². The molecule has 1 spiro atoms. The lowest BCUT2D eigenvalue weighted by molar-refractivity contribution is -0.133. The number of hydrogen-bond acceptors (Lipinski definition) is 8. The van der Waals surface area contributed by atoms with E-state index in [1.807, 2.05) is 12.1 Å². The van der Waals surface area contributed by atoms with Gasteiger partial charge in [0, 0.05) is 87.1 Å². The smallest absolute Gasteiger partial charge is 0.249 e. The average Bonchev–Trinajstić information content (AvgIpc) is 3.19. The summed E-state index contributed by atoms with van der Waals surface area (Å²) in [5.41, 5.74) is 6.56. The minimum absolute atomic E-state index is 0.143. The number of imide groups is 1. The quantitative estimate of drug-likeness (QED) is 0.168. The van der Waals surface area contributed by atoms with Crippen molar-refractivity contribution in [2.75, 3.05) is 67.5 Å². The number of rotatable bonds is 8. The summed E-state index contributed by atoms with van der Waals surface area (Å²) in [7, 11) is 0. The number of anilines is 3. The van der Waals surface area contributed by atoms with E-state index in [1.165, 1.54) is 48.6 Å². The molecule has 1 unspecified atom stereocenters. The summed E-state index contributed by atoms with van der Waals surface area (Å²) >= 11 is 0. The number of benzene rings is 4. The molecule has 0 aromatic heterocycles. The van der Waals surface area contributed by atoms with Crippen molar-refractivity contribution in [3.63, 3.8) is 0 Å². The van der Waals surface area contributed by atoms with Crippen molar-refractivity contribution in [3.8, 4) is 11.5 Å². The Labute approximate surface area is 322 Å². The molecular weight excluding hydrogens is 694 g/mol. The van der Waals surface area contributed by atoms with Crippen LogP contribution in [0.4, 0.5) is 21.5 Å². The summed E-state index contributed by atoms with van der Waals surface area (Å²) in [5.74, 6) is 1.14. The van der Waals surface area contributed by atoms with Gasteiger partial charge in [-0.05, 0) is 91.0 Å². The summed E-state index contributed by atoms with van der Waals surface area (Å²) in [4.78, 5) is 30.8. The Bertz CT molecular complexity index is 2020. The lowest BCUT2D eigenvalue weighted by Gasteiger charge is -2.54. The molecule has 1 saturated carbocycles. The molecule has 0 bridgehead atoms. The number of aromatic hydroxyl groups is 1. The fourth-order valence-corrected chi connectivity index (χ4v) is 10.1. The lowest BCUT2D eigenvalue weighted by Crippen LogP contribution is -2.53. The van der Waals surface area contributed by atoms with Crippen molar-refractivity contribution in [1.29, 1.82) is 0 Å². The monoisotopic (exact) mass is 743 g/mol. The van der Waals surface area contributed by atoms with Crippen molar-refractivity contribution in [1.82, 2.24) is 10.2 Å². The van der Waals surface area contributed by atoms with Gasteiger partial charge in [0.2, 0.25) is 11.8 Å². The first kappa shape index (κ1) is 35.6. The van der Waals surface area contributed by atoms with Crippen molar-refractivity contribution in [2.24, 2.45) is 11.3 Å². The number of hydrogen-bond donors (Lipinski definition) is 3. The van der Waals surface area contributed by atoms with Gasteiger partial charge in [-0.25, -0.2) is 4.39 Å². The third kappa shape index (κ3) is 7.36. The maximum absolute atomic E-state index is 15.2. The molecular formula is C45H50FN5O4. The first-order valence-corrected chi connectivity index (χ1v) is 20.0. The van der Waals surface area contributed by atoms with Crippen LogP contribution < -0.4 is 25.2 Å². The Morgan fingerprint density at radius 3 is 2.33 bits per heavy atom. The van der Waals surface area contributed by atoms with Gasteiger partial charge in [-0.15, -0.1) is 0 Å². The van der Waals surface area contributed by atoms with Crippen LogP contribution in [0.15, 0.2) is 91.0 Å². The maximum Gasteiger partial charge on any atom is 0.249 e. The van der Waals surface area contributed by atoms with E-state index in [2.05, 4.69) is 79.9 Å². The van der Waals surface area contributed by atoms with Gasteiger partial charge in [0.05, 0.1) is 12.3 Å². The van der Waals surface area contributed by atoms with Crippen molar-refractivity contribution >= 4 is 28.9 Å². The van der Waals surface area contributed by atoms with Gasteiger partial charge >= 0.3 is 0 Å². The number of halogens is 1. The number of phenolic OH excluding ortho intramolecular Hbond substituents is 1. The molecule has 4 aromatic rings. The second-order valence-electron chi connectivity index (χ2n) is 16.5. The molecule has 3 saturated heterocycles. The highest BCUT2D eigenvalue weighted by Crippen LogP contribution is 2.53. The summed E-state index contributed by atoms with van der Waals surface area (Å²) in [6, 6.07) is 29.9. The fourth-order valence-electron chi connectivity index (χ4n) is 10.1. The zero-order valence-electron chi connectivity index (χ0n) is 31.3. The Hall–Kier alpha value is -5.09. The number of phenols is 1. The molecule has 1 aliphatic carbocycles. The number of piperidine rings is 2. The molecule has 0 radical (unpaired) electrons. The van der Waals surface area contributed by atoms with E-state index in [4.69, 9.17) is 4.74 Å². The van der Waals surface area contributed by atoms with Gasteiger partial charge in [-0.2, -0.15) is 0 Å². The first-order chi connectivity index (χ1) is 26.8. The predicted octanol–water partition coefficient (Wildman–Crippen LogP) is 6.88. The first-order valence-electron chi connectivity index (χ1n) is 20.0. The normalized spacial score (nSPS) is 24.1. The standard InChI is InChI=1S/C45H50FN5O4/c46-38-24-33(47-39-13-15-42(53)48-44(39)54)8-14-40(38)51-22-20-49(21-23-51)28-30-26-45(27-30)16-18-50(19-17-45)34-9-6-32(7-10-34)43-36-12-11-35(52)25-41(36)55-29-37(43)31-4-2-1-3-5-31/h1-12,14,24-25,30,37,39,43,47,52H,13,15-23,26-29H2,(H,48,53,54)/t37-,39?,43-/m1/s1. The SMILES string of the molecule is O=C1CCC(Nc2ccc(N3CCN(CC4CC5(CCN(c6ccc([C@@H]7c8ccc(O)cc8OC[C@@H]7c7ccccc7)cc6)CC5)C4)CC3)c(F)c2)C(=O)N1. The van der Waals surface area contributed by atoms with E-state index < -0.39 is 6.04 Å². The minimum atomic E-state index is -0.531. The molecule has 286 valence electrons. The lowest BCUT2D eigenvalue weighted by atomic mass is 9.57. The van der Waals surface area contributed by atoms with E-state index in [1.54, 1.807) is 18.2 Å². The zero-order chi connectivity index (χ0) is 37.5. The molecule has 10 heteroatoms. The van der Waals surface area contributed by atoms with E-state index in [0.29, 0.717) is 29.8 Å². The van der Waals surface area contributed by atoms with Crippen molar-refractivity contribution in [3.05, 3.63) is 114 Å². The van der Waals surface area contributed by atoms with Crippen LogP contribution in [0.1, 0.15) is 67.1 Å². The molecule has 5 aliphatic rings. The molecule has 3 N–H and O–H groups in total. The Balaban J connectivity index is 0.751. The third-order valence-electron chi connectivity index (χ3n) is 13.0. The van der Waals surface area contributed by atoms with Gasteiger partial charge in [-0.1, -0.05) is 48.5 Å². The molecule has 4 aromatic carbocycles. The third-order valence-corrected chi connectivity index (χ3v) is 13.0. The van der Waals surface area contributed by atoms with Crippen molar-refractivity contribution in [2.45, 2.75) is 56.4 Å². The van der Waals surface area contributed by atoms with Crippen LogP contribution in [0.5, 0.6) is 11.5 Å². The number of carbonyl (C=O) groups is 2. The summed E-state index contributed by atoms with van der Waals surface area (Å²) in [6.45, 7) is 7.31. The van der Waals surface area contributed by atoms with Gasteiger partial charge in [-0.3, -0.25) is 19.8 Å². The number of ether oxygens (including phenoxy) is 1. The highest BCUT2D eigenvalue weighted by atomic mass is 19.1. The van der Waals surface area contributed by atoms with Gasteiger partial charge in [0.1, 0.15) is 23.4 Å². The molecule has 3 atom stereocenters. The number of nitrogens with zero attached hydrogens (tertiary/aromatic N) is 3. The predicted molar refractivity (Wildman–Crippen MR) is 213 cm³/mol. The molecule has 4 heterocycles. The number of piperazine rings is 1. The molecule has 9 rings (SSSR count). The number of amides is 2. The number of nitrogens with one attached hydrogen (secondary N) is 2. The van der Waals surface area contributed by atoms with Crippen molar-refractivity contribution < 1.29 is 23.8 Å². The van der Waals surface area contributed by atoms with Gasteiger partial charge in [0.25, 0.3) is 0 Å². The highest BCUT2D eigenvalue weighted by molar-refractivity contribution is 6.01. The second kappa shape index (κ2) is 14.9. The number of carbonyl (C=O) groups excluding carboxylic acids is 2. The second-order valence-corrected chi connectivity index (χ2v) is 16.5. The Morgan fingerprint density at radius 1 is 0.836 bits per heavy atom. The Morgan fingerprint density at radius 2 is 1.60 bits per heavy atom. The zero-order valence-corrected chi connectivity index (χ0v) is 31.3. The highest BCUT2D eigenvalue weighted by Gasteiger charge is 2.46. The van der Waals surface area contributed by atoms with Crippen LogP contribution in [0.25, 0.3) is 0 Å². The molecule has 55 heavy (non-hydrogen) atoms. The minimum Gasteiger partial charge on any atom is -0.508 e. The Kier molecular flexibility index (Phi) is 9.62. The summed E-state index contributed by atoms with van der Waals surface area (Å²) < 4.78 is 21.4. The van der Waals surface area contributed by atoms with Crippen LogP contribution in [0.3, 0.4) is 0 Å².